The maximum absolute atomic E-state index is 5.20. The summed E-state index contributed by atoms with van der Waals surface area (Å²) in [5.41, 5.74) is 12.3. The van der Waals surface area contributed by atoms with E-state index in [2.05, 4.69) is 10.2 Å². The fourth-order valence-corrected chi connectivity index (χ4v) is 0.892. The average molecular weight is 177 g/mol. The fraction of sp³-hybridized carbons (Fsp3) is 0.111. The van der Waals surface area contributed by atoms with Gasteiger partial charge in [0.15, 0.2) is 0 Å². The smallest absolute Gasteiger partial charge is 0.289 e. The topological polar surface area (TPSA) is 78.4 Å². The van der Waals surface area contributed by atoms with Gasteiger partial charge >= 0.3 is 5.96 Å². The highest BCUT2D eigenvalue weighted by Crippen LogP contribution is 1.98. The lowest BCUT2D eigenvalue weighted by molar-refractivity contribution is -0.464. The number of nitrogens with one attached hydrogen (secondary N) is 1. The molecule has 68 valence electrons. The van der Waals surface area contributed by atoms with Crippen molar-refractivity contribution in [3.8, 4) is 0 Å². The van der Waals surface area contributed by atoms with E-state index in [-0.39, 0.29) is 5.96 Å². The second-order valence-electron chi connectivity index (χ2n) is 2.63. The first-order chi connectivity index (χ1) is 6.20. The van der Waals surface area contributed by atoms with E-state index in [1.807, 2.05) is 37.3 Å². The van der Waals surface area contributed by atoms with Crippen LogP contribution in [0.3, 0.4) is 0 Å². The van der Waals surface area contributed by atoms with Gasteiger partial charge in [-0.25, -0.2) is 0 Å². The molecule has 13 heavy (non-hydrogen) atoms. The van der Waals surface area contributed by atoms with Gasteiger partial charge in [0.1, 0.15) is 0 Å². The Balaban J connectivity index is 2.86. The lowest BCUT2D eigenvalue weighted by atomic mass is 10.1. The molecule has 0 fully saturated rings. The monoisotopic (exact) mass is 177 g/mol. The molecule has 0 spiro atoms. The van der Waals surface area contributed by atoms with Crippen LogP contribution < -0.4 is 16.6 Å². The minimum Gasteiger partial charge on any atom is -0.289 e. The SMILES string of the molecule is C/C(=N/[NH+]=C(N)N)c1ccccc1. The van der Waals surface area contributed by atoms with Gasteiger partial charge in [-0.3, -0.25) is 11.5 Å². The van der Waals surface area contributed by atoms with Crippen LogP contribution in [0.4, 0.5) is 0 Å². The van der Waals surface area contributed by atoms with E-state index >= 15 is 0 Å². The third-order valence-corrected chi connectivity index (χ3v) is 1.54. The second kappa shape index (κ2) is 4.25. The second-order valence-corrected chi connectivity index (χ2v) is 2.63. The van der Waals surface area contributed by atoms with Gasteiger partial charge in [-0.05, 0) is 12.5 Å². The molecule has 4 nitrogen and oxygen atoms in total. The van der Waals surface area contributed by atoms with Crippen LogP contribution in [0.5, 0.6) is 0 Å². The molecule has 0 aromatic heterocycles. The van der Waals surface area contributed by atoms with Gasteiger partial charge in [0.05, 0.1) is 5.71 Å². The Kier molecular flexibility index (Phi) is 3.03. The minimum atomic E-state index is 0.0929. The van der Waals surface area contributed by atoms with Crippen LogP contribution in [-0.2, 0) is 0 Å². The first-order valence-electron chi connectivity index (χ1n) is 3.94. The molecule has 1 aromatic carbocycles. The Morgan fingerprint density at radius 1 is 1.23 bits per heavy atom. The van der Waals surface area contributed by atoms with Crippen LogP contribution in [0.1, 0.15) is 12.5 Å². The summed E-state index contributed by atoms with van der Waals surface area (Å²) in [5, 5.41) is 6.48. The van der Waals surface area contributed by atoms with Gasteiger partial charge in [-0.15, -0.1) is 5.10 Å². The molecule has 0 heterocycles. The van der Waals surface area contributed by atoms with Crippen LogP contribution in [0.15, 0.2) is 35.4 Å². The molecular weight excluding hydrogens is 164 g/mol. The summed E-state index contributed by atoms with van der Waals surface area (Å²) in [5.74, 6) is 0.0929. The van der Waals surface area contributed by atoms with E-state index in [1.165, 1.54) is 0 Å². The lowest BCUT2D eigenvalue weighted by Gasteiger charge is -1.95. The van der Waals surface area contributed by atoms with Crippen molar-refractivity contribution in [3.63, 3.8) is 0 Å². The number of hydrazone groups is 1. The maximum atomic E-state index is 5.20. The van der Waals surface area contributed by atoms with Gasteiger partial charge in [-0.2, -0.15) is 5.10 Å². The van der Waals surface area contributed by atoms with Gasteiger partial charge in [0.2, 0.25) is 0 Å². The summed E-state index contributed by atoms with van der Waals surface area (Å²) >= 11 is 0. The molecule has 0 saturated heterocycles. The molecule has 0 amide bonds. The summed E-state index contributed by atoms with van der Waals surface area (Å²) in [6.45, 7) is 1.88. The summed E-state index contributed by atoms with van der Waals surface area (Å²) in [6, 6.07) is 9.78. The fourth-order valence-electron chi connectivity index (χ4n) is 0.892. The first kappa shape index (κ1) is 9.25. The van der Waals surface area contributed by atoms with Gasteiger partial charge < -0.3 is 0 Å². The highest BCUT2D eigenvalue weighted by Gasteiger charge is 1.94. The highest BCUT2D eigenvalue weighted by atomic mass is 15.3. The molecule has 0 bridgehead atoms. The van der Waals surface area contributed by atoms with Crippen LogP contribution in [0.25, 0.3) is 0 Å². The van der Waals surface area contributed by atoms with E-state index in [1.54, 1.807) is 0 Å². The van der Waals surface area contributed by atoms with E-state index in [9.17, 15) is 0 Å². The summed E-state index contributed by atoms with van der Waals surface area (Å²) < 4.78 is 0. The molecule has 0 atom stereocenters. The number of nitrogens with zero attached hydrogens (tertiary/aromatic N) is 1. The lowest BCUT2D eigenvalue weighted by Crippen LogP contribution is -2.72. The Morgan fingerprint density at radius 2 is 1.85 bits per heavy atom. The number of nitrogens with two attached hydrogens (primary N) is 2. The van der Waals surface area contributed by atoms with Crippen LogP contribution in [0, 0.1) is 0 Å². The molecule has 0 radical (unpaired) electrons. The van der Waals surface area contributed by atoms with E-state index in [0.717, 1.165) is 11.3 Å². The first-order valence-corrected chi connectivity index (χ1v) is 3.94. The predicted molar refractivity (Wildman–Crippen MR) is 53.0 cm³/mol. The van der Waals surface area contributed by atoms with Crippen LogP contribution >= 0.6 is 0 Å². The average Bonchev–Trinajstić information content (AvgIpc) is 2.15. The van der Waals surface area contributed by atoms with Gasteiger partial charge in [0.25, 0.3) is 0 Å². The standard InChI is InChI=1S/C9H12N4/c1-7(12-13-9(10)11)8-5-3-2-4-6-8/h2-6H,1H3,(H4,10,11,13)/p+1/b12-7-. The molecule has 4 heteroatoms. The van der Waals surface area contributed by atoms with Crippen molar-refractivity contribution in [3.05, 3.63) is 35.9 Å². The van der Waals surface area contributed by atoms with E-state index in [4.69, 9.17) is 11.5 Å². The van der Waals surface area contributed by atoms with Crippen molar-refractivity contribution in [2.75, 3.05) is 0 Å². The third kappa shape index (κ3) is 2.94. The number of hydrogen-bond acceptors (Lipinski definition) is 1. The van der Waals surface area contributed by atoms with Crippen LogP contribution in [0.2, 0.25) is 0 Å². The Morgan fingerprint density at radius 3 is 2.38 bits per heavy atom. The number of hydrogen-bond donors (Lipinski definition) is 3. The number of benzene rings is 1. The van der Waals surface area contributed by atoms with Crippen molar-refractivity contribution in [2.45, 2.75) is 6.92 Å². The zero-order valence-corrected chi connectivity index (χ0v) is 7.49. The van der Waals surface area contributed by atoms with Crippen molar-refractivity contribution in [1.29, 1.82) is 0 Å². The molecule has 0 unspecified atom stereocenters. The van der Waals surface area contributed by atoms with Crippen molar-refractivity contribution in [1.82, 2.24) is 0 Å². The quantitative estimate of drug-likeness (QED) is 0.300. The van der Waals surface area contributed by atoms with E-state index < -0.39 is 0 Å². The summed E-state index contributed by atoms with van der Waals surface area (Å²) in [4.78, 5) is 0. The van der Waals surface area contributed by atoms with Crippen molar-refractivity contribution < 1.29 is 5.10 Å². The maximum Gasteiger partial charge on any atom is 0.362 e. The largest absolute Gasteiger partial charge is 0.362 e. The zero-order chi connectivity index (χ0) is 9.68. The van der Waals surface area contributed by atoms with Crippen molar-refractivity contribution >= 4 is 11.7 Å². The summed E-state index contributed by atoms with van der Waals surface area (Å²) in [6.07, 6.45) is 0. The zero-order valence-electron chi connectivity index (χ0n) is 7.49. The van der Waals surface area contributed by atoms with Gasteiger partial charge in [-0.1, -0.05) is 30.3 Å². The number of rotatable bonds is 2. The highest BCUT2D eigenvalue weighted by molar-refractivity contribution is 5.98. The minimum absolute atomic E-state index is 0.0929. The van der Waals surface area contributed by atoms with Crippen LogP contribution in [-0.4, -0.2) is 11.7 Å². The Bertz CT molecular complexity index is 323. The molecular formula is C9H13N4+. The molecule has 5 N–H and O–H groups in total. The molecule has 0 aliphatic heterocycles. The van der Waals surface area contributed by atoms with Crippen molar-refractivity contribution in [2.24, 2.45) is 16.6 Å². The molecule has 1 aromatic rings. The number of guanidine groups is 1. The molecule has 1 rings (SSSR count). The molecule has 0 aliphatic carbocycles. The van der Waals surface area contributed by atoms with E-state index in [0.29, 0.717) is 0 Å². The molecule has 0 saturated carbocycles. The normalized spacial score (nSPS) is 11.0. The Labute approximate surface area is 77.0 Å². The summed E-state index contributed by atoms with van der Waals surface area (Å²) in [7, 11) is 0. The van der Waals surface area contributed by atoms with Gasteiger partial charge in [0, 0.05) is 0 Å². The predicted octanol–water partition coefficient (Wildman–Crippen LogP) is -1.24. The molecule has 0 aliphatic rings. The Hall–Kier alpha value is -1.84. The third-order valence-electron chi connectivity index (χ3n) is 1.54.